The Morgan fingerprint density at radius 3 is 2.58 bits per heavy atom. The van der Waals surface area contributed by atoms with Crippen LogP contribution in [-0.4, -0.2) is 61.7 Å². The lowest BCUT2D eigenvalue weighted by Crippen LogP contribution is -2.47. The summed E-state index contributed by atoms with van der Waals surface area (Å²) in [6.07, 6.45) is -2.05. The van der Waals surface area contributed by atoms with Gasteiger partial charge in [0.1, 0.15) is 5.75 Å². The van der Waals surface area contributed by atoms with Gasteiger partial charge in [0.2, 0.25) is 5.91 Å². The van der Waals surface area contributed by atoms with Crippen molar-refractivity contribution in [3.8, 4) is 5.75 Å². The number of nitrogens with zero attached hydrogens (tertiary/aromatic N) is 2. The van der Waals surface area contributed by atoms with Crippen LogP contribution in [0.4, 0.5) is 13.2 Å². The van der Waals surface area contributed by atoms with E-state index in [1.165, 1.54) is 12.1 Å². The zero-order valence-electron chi connectivity index (χ0n) is 14.0. The molecule has 1 heterocycles. The molecule has 0 bridgehead atoms. The summed E-state index contributed by atoms with van der Waals surface area (Å²) in [5.41, 5.74) is 0.760. The number of rotatable bonds is 5. The molecule has 134 valence electrons. The van der Waals surface area contributed by atoms with E-state index in [2.05, 4.69) is 9.64 Å². The van der Waals surface area contributed by atoms with Crippen LogP contribution in [-0.2, 0) is 11.2 Å². The van der Waals surface area contributed by atoms with Gasteiger partial charge in [-0.15, -0.1) is 0 Å². The van der Waals surface area contributed by atoms with Crippen LogP contribution in [0.25, 0.3) is 0 Å². The Hall–Kier alpha value is -1.76. The van der Waals surface area contributed by atoms with Crippen molar-refractivity contribution < 1.29 is 22.7 Å². The molecular formula is C17H23F3N2O2. The average Bonchev–Trinajstić information content (AvgIpc) is 2.52. The first-order valence-corrected chi connectivity index (χ1v) is 7.97. The van der Waals surface area contributed by atoms with Crippen LogP contribution in [0.1, 0.15) is 18.4 Å². The molecule has 0 radical (unpaired) electrons. The van der Waals surface area contributed by atoms with Crippen LogP contribution in [0.15, 0.2) is 24.3 Å². The molecule has 1 fully saturated rings. The number of carbonyl (C=O) groups is 1. The maximum Gasteiger partial charge on any atom is 0.422 e. The lowest BCUT2D eigenvalue weighted by atomic mass is 10.0. The Morgan fingerprint density at radius 2 is 2.00 bits per heavy atom. The molecule has 0 N–H and O–H groups in total. The smallest absolute Gasteiger partial charge is 0.422 e. The highest BCUT2D eigenvalue weighted by atomic mass is 19.4. The molecule has 1 aliphatic heterocycles. The van der Waals surface area contributed by atoms with Gasteiger partial charge in [0.15, 0.2) is 6.61 Å². The van der Waals surface area contributed by atoms with Crippen LogP contribution in [0.3, 0.4) is 0 Å². The van der Waals surface area contributed by atoms with Gasteiger partial charge in [-0.25, -0.2) is 0 Å². The molecule has 0 aromatic heterocycles. The molecule has 2 rings (SSSR count). The van der Waals surface area contributed by atoms with Gasteiger partial charge in [0.05, 0.1) is 6.42 Å². The molecule has 7 heteroatoms. The minimum absolute atomic E-state index is 0.0132. The highest BCUT2D eigenvalue weighted by Crippen LogP contribution is 2.20. The quantitative estimate of drug-likeness (QED) is 0.823. The van der Waals surface area contributed by atoms with Crippen molar-refractivity contribution in [2.45, 2.75) is 31.5 Å². The molecule has 1 amide bonds. The average molecular weight is 344 g/mol. The standard InChI is InChI=1S/C17H23F3N2O2/c1-21-9-3-4-14(11-21)22(2)16(23)10-13-5-7-15(8-6-13)24-12-17(18,19)20/h5-8,14H,3-4,9-12H2,1-2H3/t14-/m1/s1. The van der Waals surface area contributed by atoms with Crippen LogP contribution in [0, 0.1) is 0 Å². The molecule has 4 nitrogen and oxygen atoms in total. The largest absolute Gasteiger partial charge is 0.484 e. The molecule has 0 spiro atoms. The van der Waals surface area contributed by atoms with Crippen molar-refractivity contribution in [3.63, 3.8) is 0 Å². The number of likely N-dealkylation sites (N-methyl/N-ethyl adjacent to an activating group) is 2. The van der Waals surface area contributed by atoms with E-state index < -0.39 is 12.8 Å². The van der Waals surface area contributed by atoms with E-state index in [1.54, 1.807) is 17.0 Å². The summed E-state index contributed by atoms with van der Waals surface area (Å²) >= 11 is 0. The number of alkyl halides is 3. The van der Waals surface area contributed by atoms with E-state index in [0.29, 0.717) is 0 Å². The SMILES string of the molecule is CN1CCC[C@@H](N(C)C(=O)Cc2ccc(OCC(F)(F)F)cc2)C1. The molecule has 1 atom stereocenters. The van der Waals surface area contributed by atoms with Crippen molar-refractivity contribution >= 4 is 5.91 Å². The van der Waals surface area contributed by atoms with Crippen LogP contribution >= 0.6 is 0 Å². The summed E-state index contributed by atoms with van der Waals surface area (Å²) in [4.78, 5) is 16.4. The van der Waals surface area contributed by atoms with Crippen LogP contribution < -0.4 is 4.74 Å². The molecule has 1 saturated heterocycles. The van der Waals surface area contributed by atoms with Gasteiger partial charge < -0.3 is 14.5 Å². The van der Waals surface area contributed by atoms with E-state index in [-0.39, 0.29) is 24.1 Å². The van der Waals surface area contributed by atoms with Gasteiger partial charge >= 0.3 is 6.18 Å². The van der Waals surface area contributed by atoms with E-state index in [4.69, 9.17) is 0 Å². The summed E-state index contributed by atoms with van der Waals surface area (Å²) < 4.78 is 41.0. The molecule has 1 aromatic rings. The molecular weight excluding hydrogens is 321 g/mol. The Kier molecular flexibility index (Phi) is 6.10. The van der Waals surface area contributed by atoms with Gasteiger partial charge in [-0.2, -0.15) is 13.2 Å². The third-order valence-corrected chi connectivity index (χ3v) is 4.22. The molecule has 24 heavy (non-hydrogen) atoms. The van der Waals surface area contributed by atoms with Crippen LogP contribution in [0.5, 0.6) is 5.75 Å². The number of amides is 1. The molecule has 0 aliphatic carbocycles. The Morgan fingerprint density at radius 1 is 1.33 bits per heavy atom. The number of carbonyl (C=O) groups excluding carboxylic acids is 1. The number of likely N-dealkylation sites (tertiary alicyclic amines) is 1. The number of piperidine rings is 1. The van der Waals surface area contributed by atoms with Crippen LogP contribution in [0.2, 0.25) is 0 Å². The minimum atomic E-state index is -4.36. The number of halogens is 3. The van der Waals surface area contributed by atoms with E-state index in [0.717, 1.165) is 31.5 Å². The maximum atomic E-state index is 12.4. The van der Waals surface area contributed by atoms with Crippen molar-refractivity contribution in [2.75, 3.05) is 33.8 Å². The number of benzene rings is 1. The summed E-state index contributed by atoms with van der Waals surface area (Å²) in [5.74, 6) is 0.157. The van der Waals surface area contributed by atoms with E-state index in [9.17, 15) is 18.0 Å². The second-order valence-corrected chi connectivity index (χ2v) is 6.29. The lowest BCUT2D eigenvalue weighted by molar-refractivity contribution is -0.153. The summed E-state index contributed by atoms with van der Waals surface area (Å²) in [6.45, 7) is 0.605. The van der Waals surface area contributed by atoms with Gasteiger partial charge in [0, 0.05) is 19.6 Å². The maximum absolute atomic E-state index is 12.4. The zero-order chi connectivity index (χ0) is 17.7. The van der Waals surface area contributed by atoms with Gasteiger partial charge in [0.25, 0.3) is 0 Å². The first kappa shape index (κ1) is 18.6. The molecule has 1 aliphatic rings. The van der Waals surface area contributed by atoms with Gasteiger partial charge in [-0.3, -0.25) is 4.79 Å². The second kappa shape index (κ2) is 7.88. The van der Waals surface area contributed by atoms with Gasteiger partial charge in [-0.05, 0) is 44.1 Å². The summed E-state index contributed by atoms with van der Waals surface area (Å²) in [6, 6.07) is 6.39. The monoisotopic (exact) mass is 344 g/mol. The highest BCUT2D eigenvalue weighted by molar-refractivity contribution is 5.78. The highest BCUT2D eigenvalue weighted by Gasteiger charge is 2.28. The first-order chi connectivity index (χ1) is 11.2. The molecule has 0 unspecified atom stereocenters. The Bertz CT molecular complexity index is 546. The van der Waals surface area contributed by atoms with E-state index in [1.807, 2.05) is 14.1 Å². The minimum Gasteiger partial charge on any atom is -0.484 e. The Balaban J connectivity index is 1.87. The number of hydrogen-bond donors (Lipinski definition) is 0. The fraction of sp³-hybridized carbons (Fsp3) is 0.588. The second-order valence-electron chi connectivity index (χ2n) is 6.29. The first-order valence-electron chi connectivity index (χ1n) is 7.97. The topological polar surface area (TPSA) is 32.8 Å². The normalized spacial score (nSPS) is 19.1. The summed E-state index contributed by atoms with van der Waals surface area (Å²) in [7, 11) is 3.86. The third kappa shape index (κ3) is 5.70. The zero-order valence-corrected chi connectivity index (χ0v) is 14.0. The molecule has 1 aromatic carbocycles. The predicted octanol–water partition coefficient (Wildman–Crippen LogP) is 2.72. The van der Waals surface area contributed by atoms with Crippen molar-refractivity contribution in [1.29, 1.82) is 0 Å². The molecule has 0 saturated carbocycles. The fourth-order valence-electron chi connectivity index (χ4n) is 2.83. The predicted molar refractivity (Wildman–Crippen MR) is 85.0 cm³/mol. The van der Waals surface area contributed by atoms with Crippen molar-refractivity contribution in [3.05, 3.63) is 29.8 Å². The van der Waals surface area contributed by atoms with Crippen molar-refractivity contribution in [2.24, 2.45) is 0 Å². The third-order valence-electron chi connectivity index (χ3n) is 4.22. The van der Waals surface area contributed by atoms with Crippen molar-refractivity contribution in [1.82, 2.24) is 9.80 Å². The van der Waals surface area contributed by atoms with Gasteiger partial charge in [-0.1, -0.05) is 12.1 Å². The lowest BCUT2D eigenvalue weighted by Gasteiger charge is -2.36. The number of hydrogen-bond acceptors (Lipinski definition) is 3. The van der Waals surface area contributed by atoms with E-state index >= 15 is 0 Å². The Labute approximate surface area is 140 Å². The fourth-order valence-corrected chi connectivity index (χ4v) is 2.83. The number of ether oxygens (including phenoxy) is 1. The summed E-state index contributed by atoms with van der Waals surface area (Å²) in [5, 5.41) is 0.